The molecule has 0 atom stereocenters. The fourth-order valence-electron chi connectivity index (χ4n) is 1.43. The number of benzene rings is 1. The van der Waals surface area contributed by atoms with Gasteiger partial charge in [-0.15, -0.1) is 6.58 Å². The predicted molar refractivity (Wildman–Crippen MR) is 63.7 cm³/mol. The fourth-order valence-corrected chi connectivity index (χ4v) is 1.43. The van der Waals surface area contributed by atoms with Crippen LogP contribution in [-0.4, -0.2) is 13.1 Å². The number of anilines is 2. The standard InChI is InChI=1S/C12H18N2/c1-4-8-14(5-2)11-6-7-12(13)10(3)9-11/h4,6-7,9H,1,5,8,13H2,2-3H3. The van der Waals surface area contributed by atoms with Gasteiger partial charge in [0.05, 0.1) is 0 Å². The predicted octanol–water partition coefficient (Wildman–Crippen LogP) is 2.59. The number of aryl methyl sites for hydroxylation is 1. The van der Waals surface area contributed by atoms with Gasteiger partial charge < -0.3 is 10.6 Å². The van der Waals surface area contributed by atoms with E-state index in [0.717, 1.165) is 24.3 Å². The van der Waals surface area contributed by atoms with Crippen LogP contribution in [0.25, 0.3) is 0 Å². The summed E-state index contributed by atoms with van der Waals surface area (Å²) in [7, 11) is 0. The van der Waals surface area contributed by atoms with Crippen LogP contribution in [0, 0.1) is 6.92 Å². The molecule has 0 aliphatic carbocycles. The molecule has 2 N–H and O–H groups in total. The van der Waals surface area contributed by atoms with Crippen molar-refractivity contribution in [2.75, 3.05) is 23.7 Å². The van der Waals surface area contributed by atoms with Crippen molar-refractivity contribution in [2.45, 2.75) is 13.8 Å². The Morgan fingerprint density at radius 2 is 2.21 bits per heavy atom. The summed E-state index contributed by atoms with van der Waals surface area (Å²) in [5.41, 5.74) is 8.95. The molecular formula is C12H18N2. The van der Waals surface area contributed by atoms with Crippen LogP contribution in [0.5, 0.6) is 0 Å². The van der Waals surface area contributed by atoms with Gasteiger partial charge in [-0.05, 0) is 37.6 Å². The average Bonchev–Trinajstić information content (AvgIpc) is 2.19. The van der Waals surface area contributed by atoms with Gasteiger partial charge in [0.2, 0.25) is 0 Å². The fraction of sp³-hybridized carbons (Fsp3) is 0.333. The first-order valence-electron chi connectivity index (χ1n) is 4.91. The van der Waals surface area contributed by atoms with E-state index >= 15 is 0 Å². The van der Waals surface area contributed by atoms with Crippen LogP contribution in [0.15, 0.2) is 30.9 Å². The van der Waals surface area contributed by atoms with Gasteiger partial charge in [-0.25, -0.2) is 0 Å². The first kappa shape index (κ1) is 10.6. The van der Waals surface area contributed by atoms with Gasteiger partial charge in [0.25, 0.3) is 0 Å². The molecule has 0 aliphatic rings. The third-order valence-electron chi connectivity index (χ3n) is 2.35. The SMILES string of the molecule is C=CCN(CC)c1ccc(N)c(C)c1. The summed E-state index contributed by atoms with van der Waals surface area (Å²) < 4.78 is 0. The maximum atomic E-state index is 5.77. The van der Waals surface area contributed by atoms with Crippen LogP contribution >= 0.6 is 0 Å². The van der Waals surface area contributed by atoms with Crippen molar-refractivity contribution in [3.8, 4) is 0 Å². The van der Waals surface area contributed by atoms with Crippen molar-refractivity contribution in [2.24, 2.45) is 0 Å². The van der Waals surface area contributed by atoms with Gasteiger partial charge in [0, 0.05) is 24.5 Å². The molecule has 0 aliphatic heterocycles. The lowest BCUT2D eigenvalue weighted by molar-refractivity contribution is 0.906. The van der Waals surface area contributed by atoms with E-state index in [0.29, 0.717) is 0 Å². The number of nitrogen functional groups attached to an aromatic ring is 1. The molecule has 1 aromatic carbocycles. The maximum absolute atomic E-state index is 5.77. The van der Waals surface area contributed by atoms with E-state index in [4.69, 9.17) is 5.73 Å². The van der Waals surface area contributed by atoms with E-state index in [9.17, 15) is 0 Å². The van der Waals surface area contributed by atoms with Crippen LogP contribution in [0.2, 0.25) is 0 Å². The highest BCUT2D eigenvalue weighted by atomic mass is 15.1. The molecule has 1 aromatic rings. The lowest BCUT2D eigenvalue weighted by Gasteiger charge is -2.22. The van der Waals surface area contributed by atoms with Gasteiger partial charge in [0.1, 0.15) is 0 Å². The molecule has 0 radical (unpaired) electrons. The van der Waals surface area contributed by atoms with Crippen LogP contribution in [0.1, 0.15) is 12.5 Å². The summed E-state index contributed by atoms with van der Waals surface area (Å²) in [5.74, 6) is 0. The number of hydrogen-bond donors (Lipinski definition) is 1. The van der Waals surface area contributed by atoms with Crippen LogP contribution in [-0.2, 0) is 0 Å². The average molecular weight is 190 g/mol. The zero-order valence-corrected chi connectivity index (χ0v) is 8.96. The van der Waals surface area contributed by atoms with Crippen molar-refractivity contribution < 1.29 is 0 Å². The third-order valence-corrected chi connectivity index (χ3v) is 2.35. The molecule has 76 valence electrons. The normalized spacial score (nSPS) is 9.86. The minimum absolute atomic E-state index is 0.850. The molecule has 1 rings (SSSR count). The van der Waals surface area contributed by atoms with Crippen molar-refractivity contribution in [3.63, 3.8) is 0 Å². The molecule has 2 nitrogen and oxygen atoms in total. The number of hydrogen-bond acceptors (Lipinski definition) is 2. The Morgan fingerprint density at radius 3 is 2.71 bits per heavy atom. The van der Waals surface area contributed by atoms with Crippen molar-refractivity contribution in [1.82, 2.24) is 0 Å². The van der Waals surface area contributed by atoms with Gasteiger partial charge >= 0.3 is 0 Å². The quantitative estimate of drug-likeness (QED) is 0.584. The molecule has 14 heavy (non-hydrogen) atoms. The van der Waals surface area contributed by atoms with Gasteiger partial charge in [-0.1, -0.05) is 6.08 Å². The molecular weight excluding hydrogens is 172 g/mol. The molecule has 0 fully saturated rings. The zero-order chi connectivity index (χ0) is 10.6. The minimum Gasteiger partial charge on any atom is -0.399 e. The van der Waals surface area contributed by atoms with E-state index in [2.05, 4.69) is 30.5 Å². The Labute approximate surface area is 86.0 Å². The molecule has 0 bridgehead atoms. The van der Waals surface area contributed by atoms with E-state index < -0.39 is 0 Å². The highest BCUT2D eigenvalue weighted by Crippen LogP contribution is 2.20. The second kappa shape index (κ2) is 4.70. The highest BCUT2D eigenvalue weighted by Gasteiger charge is 2.02. The molecule has 0 heterocycles. The monoisotopic (exact) mass is 190 g/mol. The minimum atomic E-state index is 0.850. The number of nitrogens with zero attached hydrogens (tertiary/aromatic N) is 1. The van der Waals surface area contributed by atoms with E-state index in [1.165, 1.54) is 5.69 Å². The Morgan fingerprint density at radius 1 is 1.50 bits per heavy atom. The lowest BCUT2D eigenvalue weighted by Crippen LogP contribution is -2.22. The van der Waals surface area contributed by atoms with Crippen LogP contribution in [0.4, 0.5) is 11.4 Å². The summed E-state index contributed by atoms with van der Waals surface area (Å²) in [4.78, 5) is 2.25. The zero-order valence-electron chi connectivity index (χ0n) is 8.96. The molecule has 0 unspecified atom stereocenters. The van der Waals surface area contributed by atoms with Gasteiger partial charge in [-0.3, -0.25) is 0 Å². The molecule has 0 amide bonds. The topological polar surface area (TPSA) is 29.3 Å². The Bertz CT molecular complexity index is 318. The molecule has 0 saturated carbocycles. The van der Waals surface area contributed by atoms with Crippen molar-refractivity contribution >= 4 is 11.4 Å². The smallest absolute Gasteiger partial charge is 0.0373 e. The number of nitrogens with two attached hydrogens (primary N) is 1. The second-order valence-corrected chi connectivity index (χ2v) is 3.37. The van der Waals surface area contributed by atoms with E-state index in [1.54, 1.807) is 0 Å². The van der Waals surface area contributed by atoms with Crippen molar-refractivity contribution in [1.29, 1.82) is 0 Å². The van der Waals surface area contributed by atoms with Crippen LogP contribution in [0.3, 0.4) is 0 Å². The first-order chi connectivity index (χ1) is 6.69. The highest BCUT2D eigenvalue weighted by molar-refractivity contribution is 5.58. The Balaban J connectivity index is 2.93. The third kappa shape index (κ3) is 2.28. The molecule has 0 saturated heterocycles. The molecule has 2 heteroatoms. The Kier molecular flexibility index (Phi) is 3.57. The maximum Gasteiger partial charge on any atom is 0.0373 e. The van der Waals surface area contributed by atoms with Crippen molar-refractivity contribution in [3.05, 3.63) is 36.4 Å². The van der Waals surface area contributed by atoms with Gasteiger partial charge in [-0.2, -0.15) is 0 Å². The summed E-state index contributed by atoms with van der Waals surface area (Å²) in [6.45, 7) is 9.77. The number of likely N-dealkylation sites (N-methyl/N-ethyl adjacent to an activating group) is 1. The molecule has 0 spiro atoms. The van der Waals surface area contributed by atoms with E-state index in [-0.39, 0.29) is 0 Å². The van der Waals surface area contributed by atoms with Gasteiger partial charge in [0.15, 0.2) is 0 Å². The summed E-state index contributed by atoms with van der Waals surface area (Å²) >= 11 is 0. The Hall–Kier alpha value is -1.44. The first-order valence-corrected chi connectivity index (χ1v) is 4.91. The largest absolute Gasteiger partial charge is 0.399 e. The van der Waals surface area contributed by atoms with E-state index in [1.807, 2.05) is 19.1 Å². The van der Waals surface area contributed by atoms with Crippen LogP contribution < -0.4 is 10.6 Å². The summed E-state index contributed by atoms with van der Waals surface area (Å²) in [5, 5.41) is 0. The summed E-state index contributed by atoms with van der Waals surface area (Å²) in [6, 6.07) is 6.12. The summed E-state index contributed by atoms with van der Waals surface area (Å²) in [6.07, 6.45) is 1.91. The molecule has 0 aromatic heterocycles. The number of rotatable bonds is 4. The second-order valence-electron chi connectivity index (χ2n) is 3.37. The lowest BCUT2D eigenvalue weighted by atomic mass is 10.1.